The molecule has 3 fully saturated rings. The van der Waals surface area contributed by atoms with Crippen molar-refractivity contribution in [2.45, 2.75) is 51.1 Å². The van der Waals surface area contributed by atoms with Crippen LogP contribution in [0, 0.1) is 17.8 Å². The summed E-state index contributed by atoms with van der Waals surface area (Å²) in [5.74, 6) is 3.10. The van der Waals surface area contributed by atoms with Gasteiger partial charge in [-0.05, 0) is 74.7 Å². The number of hydrogen-bond acceptors (Lipinski definition) is 3. The van der Waals surface area contributed by atoms with Crippen LogP contribution in [0.15, 0.2) is 24.3 Å². The average Bonchev–Trinajstić information content (AvgIpc) is 3.25. The molecule has 25 heavy (non-hydrogen) atoms. The number of likely N-dealkylation sites (tertiary alicyclic amines) is 1. The third-order valence-corrected chi connectivity index (χ3v) is 6.56. The van der Waals surface area contributed by atoms with E-state index in [1.54, 1.807) is 7.11 Å². The van der Waals surface area contributed by atoms with Crippen LogP contribution in [0.5, 0.6) is 5.75 Å². The van der Waals surface area contributed by atoms with E-state index in [9.17, 15) is 4.79 Å². The van der Waals surface area contributed by atoms with E-state index in [2.05, 4.69) is 22.3 Å². The fraction of sp³-hybridized carbons (Fsp3) is 0.667. The number of methoxy groups -OCH3 is 1. The number of nitrogens with zero attached hydrogens (tertiary/aromatic N) is 1. The van der Waals surface area contributed by atoms with Gasteiger partial charge in [-0.15, -0.1) is 0 Å². The van der Waals surface area contributed by atoms with Crippen LogP contribution in [-0.2, 0) is 11.3 Å². The average molecular weight is 342 g/mol. The lowest BCUT2D eigenvalue weighted by Gasteiger charge is -2.33. The first kappa shape index (κ1) is 16.9. The molecule has 4 heteroatoms. The molecule has 2 saturated carbocycles. The van der Waals surface area contributed by atoms with Crippen LogP contribution in [0.25, 0.3) is 0 Å². The van der Waals surface area contributed by atoms with Crippen molar-refractivity contribution in [3.8, 4) is 5.75 Å². The minimum Gasteiger partial charge on any atom is -0.497 e. The number of ether oxygens (including phenoxy) is 1. The molecule has 1 heterocycles. The van der Waals surface area contributed by atoms with Gasteiger partial charge in [-0.1, -0.05) is 18.6 Å². The number of piperidine rings is 1. The van der Waals surface area contributed by atoms with Crippen LogP contribution in [0.3, 0.4) is 0 Å². The van der Waals surface area contributed by atoms with Crippen LogP contribution in [0.4, 0.5) is 0 Å². The van der Waals surface area contributed by atoms with Crippen LogP contribution >= 0.6 is 0 Å². The Kier molecular flexibility index (Phi) is 4.98. The Labute approximate surface area is 150 Å². The van der Waals surface area contributed by atoms with Gasteiger partial charge in [0.05, 0.1) is 7.11 Å². The van der Waals surface area contributed by atoms with Crippen molar-refractivity contribution in [3.63, 3.8) is 0 Å². The van der Waals surface area contributed by atoms with E-state index in [-0.39, 0.29) is 5.92 Å². The standard InChI is InChI=1S/C21H30N2O2/c1-25-19-4-2-3-16(12-19)14-23-9-7-17(8-10-23)21(24)22-20-13-15-5-6-18(20)11-15/h2-4,12,15,17-18,20H,5-11,13-14H2,1H3,(H,22,24). The number of hydrogen-bond donors (Lipinski definition) is 1. The molecule has 136 valence electrons. The van der Waals surface area contributed by atoms with Crippen molar-refractivity contribution >= 4 is 5.91 Å². The van der Waals surface area contributed by atoms with Gasteiger partial charge in [0.25, 0.3) is 0 Å². The van der Waals surface area contributed by atoms with Crippen molar-refractivity contribution in [1.29, 1.82) is 0 Å². The number of carbonyl (C=O) groups excluding carboxylic acids is 1. The number of benzene rings is 1. The summed E-state index contributed by atoms with van der Waals surface area (Å²) in [6, 6.07) is 8.75. The highest BCUT2D eigenvalue weighted by atomic mass is 16.5. The minimum absolute atomic E-state index is 0.209. The Bertz CT molecular complexity index is 610. The summed E-state index contributed by atoms with van der Waals surface area (Å²) in [7, 11) is 1.71. The number of nitrogens with one attached hydrogen (secondary N) is 1. The topological polar surface area (TPSA) is 41.6 Å². The lowest BCUT2D eigenvalue weighted by molar-refractivity contribution is -0.127. The Morgan fingerprint density at radius 1 is 1.20 bits per heavy atom. The van der Waals surface area contributed by atoms with E-state index in [1.807, 2.05) is 12.1 Å². The largest absolute Gasteiger partial charge is 0.497 e. The molecule has 3 aliphatic rings. The van der Waals surface area contributed by atoms with Crippen molar-refractivity contribution in [2.75, 3.05) is 20.2 Å². The monoisotopic (exact) mass is 342 g/mol. The van der Waals surface area contributed by atoms with Gasteiger partial charge in [0.15, 0.2) is 0 Å². The molecule has 1 aromatic rings. The maximum absolute atomic E-state index is 12.6. The van der Waals surface area contributed by atoms with Crippen molar-refractivity contribution in [3.05, 3.63) is 29.8 Å². The fourth-order valence-corrected chi connectivity index (χ4v) is 5.10. The van der Waals surface area contributed by atoms with Gasteiger partial charge < -0.3 is 10.1 Å². The third-order valence-electron chi connectivity index (χ3n) is 6.56. The normalized spacial score (nSPS) is 29.7. The predicted octanol–water partition coefficient (Wildman–Crippen LogP) is 3.21. The zero-order valence-corrected chi connectivity index (χ0v) is 15.2. The highest BCUT2D eigenvalue weighted by Crippen LogP contribution is 2.44. The van der Waals surface area contributed by atoms with E-state index in [0.29, 0.717) is 11.9 Å². The SMILES string of the molecule is COc1cccc(CN2CCC(C(=O)NC3CC4CCC3C4)CC2)c1. The summed E-state index contributed by atoms with van der Waals surface area (Å²) in [5.41, 5.74) is 1.28. The van der Waals surface area contributed by atoms with Gasteiger partial charge in [0.1, 0.15) is 5.75 Å². The maximum Gasteiger partial charge on any atom is 0.223 e. The number of rotatable bonds is 5. The molecule has 1 N–H and O–H groups in total. The summed E-state index contributed by atoms with van der Waals surface area (Å²) >= 11 is 0. The lowest BCUT2D eigenvalue weighted by atomic mass is 9.92. The van der Waals surface area contributed by atoms with Gasteiger partial charge in [0.2, 0.25) is 5.91 Å². The molecule has 1 aromatic carbocycles. The van der Waals surface area contributed by atoms with Gasteiger partial charge in [-0.2, -0.15) is 0 Å². The molecular weight excluding hydrogens is 312 g/mol. The third kappa shape index (κ3) is 3.84. The van der Waals surface area contributed by atoms with Crippen molar-refractivity contribution < 1.29 is 9.53 Å². The van der Waals surface area contributed by atoms with Crippen molar-refractivity contribution in [1.82, 2.24) is 10.2 Å². The van der Waals surface area contributed by atoms with E-state index in [0.717, 1.165) is 50.1 Å². The molecule has 1 amide bonds. The van der Waals surface area contributed by atoms with Gasteiger partial charge >= 0.3 is 0 Å². The molecule has 4 rings (SSSR count). The first-order valence-corrected chi connectivity index (χ1v) is 9.87. The van der Waals surface area contributed by atoms with E-state index < -0.39 is 0 Å². The molecule has 3 atom stereocenters. The quantitative estimate of drug-likeness (QED) is 0.893. The molecule has 1 saturated heterocycles. The van der Waals surface area contributed by atoms with Gasteiger partial charge in [0, 0.05) is 18.5 Å². The summed E-state index contributed by atoms with van der Waals surface area (Å²) in [4.78, 5) is 15.1. The fourth-order valence-electron chi connectivity index (χ4n) is 5.10. The highest BCUT2D eigenvalue weighted by Gasteiger charge is 2.40. The Morgan fingerprint density at radius 2 is 2.04 bits per heavy atom. The smallest absolute Gasteiger partial charge is 0.223 e. The Morgan fingerprint density at radius 3 is 2.72 bits per heavy atom. The lowest BCUT2D eigenvalue weighted by Crippen LogP contribution is -2.45. The predicted molar refractivity (Wildman–Crippen MR) is 98.4 cm³/mol. The van der Waals surface area contributed by atoms with Crippen LogP contribution in [0.2, 0.25) is 0 Å². The number of amides is 1. The summed E-state index contributed by atoms with van der Waals surface area (Å²) in [5, 5.41) is 3.39. The Balaban J connectivity index is 1.24. The molecule has 0 radical (unpaired) electrons. The van der Waals surface area contributed by atoms with E-state index in [4.69, 9.17) is 4.74 Å². The summed E-state index contributed by atoms with van der Waals surface area (Å²) < 4.78 is 5.31. The highest BCUT2D eigenvalue weighted by molar-refractivity contribution is 5.79. The zero-order valence-electron chi connectivity index (χ0n) is 15.2. The molecule has 2 aliphatic carbocycles. The van der Waals surface area contributed by atoms with E-state index in [1.165, 1.54) is 31.2 Å². The van der Waals surface area contributed by atoms with Crippen molar-refractivity contribution in [2.24, 2.45) is 17.8 Å². The second-order valence-corrected chi connectivity index (χ2v) is 8.19. The molecule has 0 spiro atoms. The molecule has 3 unspecified atom stereocenters. The Hall–Kier alpha value is -1.55. The molecule has 1 aliphatic heterocycles. The first-order valence-electron chi connectivity index (χ1n) is 9.87. The maximum atomic E-state index is 12.6. The molecule has 4 nitrogen and oxygen atoms in total. The summed E-state index contributed by atoms with van der Waals surface area (Å²) in [6.07, 6.45) is 7.26. The summed E-state index contributed by atoms with van der Waals surface area (Å²) in [6.45, 7) is 2.95. The van der Waals surface area contributed by atoms with Crippen LogP contribution in [-0.4, -0.2) is 37.0 Å². The number of carbonyl (C=O) groups is 1. The number of fused-ring (bicyclic) bond motifs is 2. The van der Waals surface area contributed by atoms with Crippen LogP contribution < -0.4 is 10.1 Å². The molecule has 0 aromatic heterocycles. The second-order valence-electron chi connectivity index (χ2n) is 8.19. The molecule has 2 bridgehead atoms. The molecular formula is C21H30N2O2. The van der Waals surface area contributed by atoms with Gasteiger partial charge in [-0.3, -0.25) is 9.69 Å². The van der Waals surface area contributed by atoms with Gasteiger partial charge in [-0.25, -0.2) is 0 Å². The minimum atomic E-state index is 0.209. The van der Waals surface area contributed by atoms with E-state index >= 15 is 0 Å². The second kappa shape index (κ2) is 7.36. The first-order chi connectivity index (χ1) is 12.2. The van der Waals surface area contributed by atoms with Crippen LogP contribution in [0.1, 0.15) is 44.1 Å². The zero-order chi connectivity index (χ0) is 17.2.